The molecule has 20 heavy (non-hydrogen) atoms. The fourth-order valence-corrected chi connectivity index (χ4v) is 2.38. The lowest BCUT2D eigenvalue weighted by molar-refractivity contribution is 0.198. The van der Waals surface area contributed by atoms with Crippen molar-refractivity contribution in [1.29, 1.82) is 0 Å². The van der Waals surface area contributed by atoms with E-state index in [1.807, 2.05) is 48.5 Å². The van der Waals surface area contributed by atoms with Crippen LogP contribution in [0.5, 0.6) is 5.75 Å². The molecule has 2 aromatic rings. The molecule has 1 heterocycles. The van der Waals surface area contributed by atoms with E-state index in [0.717, 1.165) is 16.6 Å². The molecule has 1 atom stereocenters. The van der Waals surface area contributed by atoms with Crippen molar-refractivity contribution in [2.75, 3.05) is 6.54 Å². The SMILES string of the molecule is NCC1OB(O)c2cc(OCc3ccccc3)ccc21. The minimum absolute atomic E-state index is 0.233. The number of hydrogen-bond donors (Lipinski definition) is 2. The van der Waals surface area contributed by atoms with E-state index < -0.39 is 7.12 Å². The van der Waals surface area contributed by atoms with E-state index in [0.29, 0.717) is 18.9 Å². The third kappa shape index (κ3) is 2.56. The Morgan fingerprint density at radius 3 is 2.75 bits per heavy atom. The van der Waals surface area contributed by atoms with Crippen LogP contribution in [0, 0.1) is 0 Å². The highest BCUT2D eigenvalue weighted by Crippen LogP contribution is 2.25. The number of nitrogens with two attached hydrogens (primary N) is 1. The second-order valence-electron chi connectivity index (χ2n) is 4.78. The topological polar surface area (TPSA) is 64.7 Å². The standard InChI is InChI=1S/C15H16BNO3/c17-9-15-13-7-6-12(8-14(13)16(18)20-15)19-10-11-4-2-1-3-5-11/h1-8,15,18H,9-10,17H2. The molecule has 0 aliphatic carbocycles. The molecule has 0 amide bonds. The highest BCUT2D eigenvalue weighted by Gasteiger charge is 2.34. The molecule has 0 saturated carbocycles. The summed E-state index contributed by atoms with van der Waals surface area (Å²) < 4.78 is 11.1. The summed E-state index contributed by atoms with van der Waals surface area (Å²) >= 11 is 0. The van der Waals surface area contributed by atoms with Gasteiger partial charge in [0, 0.05) is 6.54 Å². The smallest absolute Gasteiger partial charge is 0.489 e. The minimum atomic E-state index is -0.918. The fourth-order valence-electron chi connectivity index (χ4n) is 2.38. The molecule has 0 radical (unpaired) electrons. The van der Waals surface area contributed by atoms with Gasteiger partial charge in [-0.1, -0.05) is 36.4 Å². The van der Waals surface area contributed by atoms with Crippen LogP contribution in [0.3, 0.4) is 0 Å². The van der Waals surface area contributed by atoms with Gasteiger partial charge >= 0.3 is 7.12 Å². The lowest BCUT2D eigenvalue weighted by atomic mass is 9.79. The predicted molar refractivity (Wildman–Crippen MR) is 77.7 cm³/mol. The van der Waals surface area contributed by atoms with E-state index >= 15 is 0 Å². The molecular weight excluding hydrogens is 253 g/mol. The maximum atomic E-state index is 9.86. The maximum Gasteiger partial charge on any atom is 0.492 e. The molecule has 3 N–H and O–H groups in total. The number of ether oxygens (including phenoxy) is 1. The van der Waals surface area contributed by atoms with Gasteiger partial charge in [-0.05, 0) is 28.7 Å². The zero-order valence-corrected chi connectivity index (χ0v) is 11.0. The van der Waals surface area contributed by atoms with E-state index in [4.69, 9.17) is 15.1 Å². The summed E-state index contributed by atoms with van der Waals surface area (Å²) in [6, 6.07) is 15.6. The normalized spacial score (nSPS) is 17.1. The van der Waals surface area contributed by atoms with Gasteiger partial charge in [0.15, 0.2) is 0 Å². The monoisotopic (exact) mass is 269 g/mol. The average molecular weight is 269 g/mol. The number of hydrogen-bond acceptors (Lipinski definition) is 4. The second-order valence-corrected chi connectivity index (χ2v) is 4.78. The fraction of sp³-hybridized carbons (Fsp3) is 0.200. The van der Waals surface area contributed by atoms with Crippen LogP contribution in [0.2, 0.25) is 0 Å². The summed E-state index contributed by atoms with van der Waals surface area (Å²) in [6.45, 7) is 0.852. The van der Waals surface area contributed by atoms with Gasteiger partial charge in [-0.3, -0.25) is 0 Å². The number of rotatable bonds is 4. The van der Waals surface area contributed by atoms with Gasteiger partial charge in [-0.25, -0.2) is 0 Å². The first-order valence-corrected chi connectivity index (χ1v) is 6.62. The maximum absolute atomic E-state index is 9.86. The quantitative estimate of drug-likeness (QED) is 0.812. The Bertz CT molecular complexity index is 591. The van der Waals surface area contributed by atoms with E-state index in [1.54, 1.807) is 0 Å². The Hall–Kier alpha value is -1.82. The van der Waals surface area contributed by atoms with E-state index in [1.165, 1.54) is 0 Å². The first kappa shape index (κ1) is 13.2. The first-order valence-electron chi connectivity index (χ1n) is 6.62. The van der Waals surface area contributed by atoms with E-state index in [9.17, 15) is 5.02 Å². The largest absolute Gasteiger partial charge is 0.492 e. The molecule has 0 saturated heterocycles. The molecule has 4 nitrogen and oxygen atoms in total. The Morgan fingerprint density at radius 2 is 2.00 bits per heavy atom. The Balaban J connectivity index is 1.75. The van der Waals surface area contributed by atoms with Crippen LogP contribution in [0.25, 0.3) is 0 Å². The van der Waals surface area contributed by atoms with E-state index in [-0.39, 0.29) is 6.10 Å². The Labute approximate surface area is 118 Å². The number of benzene rings is 2. The molecule has 0 fully saturated rings. The molecule has 5 heteroatoms. The summed E-state index contributed by atoms with van der Waals surface area (Å²) in [5.74, 6) is 0.716. The molecule has 102 valence electrons. The summed E-state index contributed by atoms with van der Waals surface area (Å²) in [7, 11) is -0.918. The van der Waals surface area contributed by atoms with Crippen molar-refractivity contribution in [3.63, 3.8) is 0 Å². The molecule has 1 unspecified atom stereocenters. The van der Waals surface area contributed by atoms with Crippen LogP contribution in [0.4, 0.5) is 0 Å². The molecule has 2 aromatic carbocycles. The van der Waals surface area contributed by atoms with Crippen molar-refractivity contribution in [2.24, 2.45) is 5.73 Å². The van der Waals surface area contributed by atoms with Crippen molar-refractivity contribution in [2.45, 2.75) is 12.7 Å². The predicted octanol–water partition coefficient (Wildman–Crippen LogP) is 0.983. The van der Waals surface area contributed by atoms with Gasteiger partial charge in [-0.2, -0.15) is 0 Å². The van der Waals surface area contributed by atoms with Crippen molar-refractivity contribution in [3.8, 4) is 5.75 Å². The zero-order chi connectivity index (χ0) is 13.9. The summed E-state index contributed by atoms with van der Waals surface area (Å²) in [6.07, 6.45) is -0.233. The van der Waals surface area contributed by atoms with Gasteiger partial charge in [0.25, 0.3) is 0 Å². The molecule has 0 spiro atoms. The highest BCUT2D eigenvalue weighted by molar-refractivity contribution is 6.61. The van der Waals surface area contributed by atoms with Crippen LogP contribution in [-0.2, 0) is 11.3 Å². The average Bonchev–Trinajstić information content (AvgIpc) is 2.82. The molecule has 1 aliphatic heterocycles. The zero-order valence-electron chi connectivity index (χ0n) is 11.0. The summed E-state index contributed by atoms with van der Waals surface area (Å²) in [4.78, 5) is 0. The third-order valence-corrected chi connectivity index (χ3v) is 3.43. The van der Waals surface area contributed by atoms with Gasteiger partial charge in [0.1, 0.15) is 12.4 Å². The van der Waals surface area contributed by atoms with Gasteiger partial charge in [0.2, 0.25) is 0 Å². The van der Waals surface area contributed by atoms with Crippen LogP contribution in [0.15, 0.2) is 48.5 Å². The van der Waals surface area contributed by atoms with Crippen LogP contribution in [-0.4, -0.2) is 18.7 Å². The molecule has 0 bridgehead atoms. The lowest BCUT2D eigenvalue weighted by Crippen LogP contribution is -2.28. The minimum Gasteiger partial charge on any atom is -0.489 e. The molecule has 1 aliphatic rings. The Kier molecular flexibility index (Phi) is 3.73. The van der Waals surface area contributed by atoms with Crippen molar-refractivity contribution >= 4 is 12.6 Å². The molecule has 0 aromatic heterocycles. The summed E-state index contributed by atoms with van der Waals surface area (Å²) in [5.41, 5.74) is 8.40. The van der Waals surface area contributed by atoms with Gasteiger partial charge in [0.05, 0.1) is 6.10 Å². The van der Waals surface area contributed by atoms with Crippen molar-refractivity contribution < 1.29 is 14.4 Å². The van der Waals surface area contributed by atoms with Gasteiger partial charge in [-0.15, -0.1) is 0 Å². The lowest BCUT2D eigenvalue weighted by Gasteiger charge is -2.10. The van der Waals surface area contributed by atoms with Crippen LogP contribution in [0.1, 0.15) is 17.2 Å². The van der Waals surface area contributed by atoms with E-state index in [2.05, 4.69) is 0 Å². The molecular formula is C15H16BNO3. The van der Waals surface area contributed by atoms with Crippen molar-refractivity contribution in [1.82, 2.24) is 0 Å². The highest BCUT2D eigenvalue weighted by atomic mass is 16.5. The summed E-state index contributed by atoms with van der Waals surface area (Å²) in [5, 5.41) is 9.86. The van der Waals surface area contributed by atoms with Gasteiger partial charge < -0.3 is 20.1 Å². The second kappa shape index (κ2) is 5.67. The van der Waals surface area contributed by atoms with Crippen LogP contribution >= 0.6 is 0 Å². The first-order chi connectivity index (χ1) is 9.78. The Morgan fingerprint density at radius 1 is 1.20 bits per heavy atom. The third-order valence-electron chi connectivity index (χ3n) is 3.43. The number of fused-ring (bicyclic) bond motifs is 1. The molecule has 3 rings (SSSR count). The van der Waals surface area contributed by atoms with Crippen LogP contribution < -0.4 is 15.9 Å². The van der Waals surface area contributed by atoms with Crippen molar-refractivity contribution in [3.05, 3.63) is 59.7 Å².